The average Bonchev–Trinajstić information content (AvgIpc) is 2.82. The van der Waals surface area contributed by atoms with E-state index in [4.69, 9.17) is 18.0 Å². The zero-order chi connectivity index (χ0) is 12.3. The second kappa shape index (κ2) is 5.91. The van der Waals surface area contributed by atoms with Gasteiger partial charge < -0.3 is 5.73 Å². The van der Waals surface area contributed by atoms with Gasteiger partial charge in [0.2, 0.25) is 0 Å². The maximum Gasteiger partial charge on any atom is 0.0899 e. The third-order valence-corrected chi connectivity index (χ3v) is 4.53. The van der Waals surface area contributed by atoms with Crippen molar-refractivity contribution in [3.05, 3.63) is 22.4 Å². The van der Waals surface area contributed by atoms with E-state index in [1.807, 2.05) is 11.3 Å². The molecule has 1 saturated heterocycles. The van der Waals surface area contributed by atoms with Crippen molar-refractivity contribution in [3.63, 3.8) is 0 Å². The number of nitrogens with two attached hydrogens (primary N) is 1. The molecule has 0 amide bonds. The highest BCUT2D eigenvalue weighted by atomic mass is 32.1. The van der Waals surface area contributed by atoms with Crippen LogP contribution in [-0.2, 0) is 6.54 Å². The molecule has 0 saturated carbocycles. The molecule has 1 aromatic rings. The minimum Gasteiger partial charge on any atom is -0.392 e. The molecule has 1 aliphatic rings. The fraction of sp³-hybridized carbons (Fsp3) is 0.583. The fourth-order valence-electron chi connectivity index (χ4n) is 2.11. The zero-order valence-corrected chi connectivity index (χ0v) is 11.8. The van der Waals surface area contributed by atoms with Crippen molar-refractivity contribution in [3.8, 4) is 0 Å². The quantitative estimate of drug-likeness (QED) is 0.841. The summed E-state index contributed by atoms with van der Waals surface area (Å²) in [4.78, 5) is 6.92. The largest absolute Gasteiger partial charge is 0.392 e. The van der Waals surface area contributed by atoms with Gasteiger partial charge in [-0.1, -0.05) is 18.3 Å². The van der Waals surface area contributed by atoms with Crippen LogP contribution in [0.5, 0.6) is 0 Å². The van der Waals surface area contributed by atoms with Gasteiger partial charge in [-0.3, -0.25) is 9.80 Å². The molecule has 1 fully saturated rings. The molecule has 2 rings (SSSR count). The molecule has 1 aliphatic heterocycles. The van der Waals surface area contributed by atoms with Crippen molar-refractivity contribution < 1.29 is 0 Å². The van der Waals surface area contributed by atoms with Crippen molar-refractivity contribution in [1.29, 1.82) is 0 Å². The van der Waals surface area contributed by atoms with Gasteiger partial charge in [-0.15, -0.1) is 11.3 Å². The smallest absolute Gasteiger partial charge is 0.0899 e. The summed E-state index contributed by atoms with van der Waals surface area (Å²) in [5.74, 6) is 0. The average molecular weight is 269 g/mol. The Labute approximate surface area is 112 Å². The van der Waals surface area contributed by atoms with Crippen LogP contribution in [-0.4, -0.2) is 47.0 Å². The normalized spacial score (nSPS) is 20.3. The molecule has 94 valence electrons. The molecule has 0 aliphatic carbocycles. The van der Waals surface area contributed by atoms with Gasteiger partial charge in [-0.2, -0.15) is 0 Å². The standard InChI is InChI=1S/C12H19N3S2/c1-10(12(13)16)15-6-4-14(5-7-15)9-11-3-2-8-17-11/h2-3,8,10H,4-7,9H2,1H3,(H2,13,16). The van der Waals surface area contributed by atoms with Crippen LogP contribution < -0.4 is 5.73 Å². The van der Waals surface area contributed by atoms with E-state index in [-0.39, 0.29) is 6.04 Å². The molecule has 0 radical (unpaired) electrons. The summed E-state index contributed by atoms with van der Waals surface area (Å²) in [5, 5.41) is 2.14. The Kier molecular flexibility index (Phi) is 4.50. The van der Waals surface area contributed by atoms with Gasteiger partial charge in [0, 0.05) is 37.6 Å². The highest BCUT2D eigenvalue weighted by Gasteiger charge is 2.22. The van der Waals surface area contributed by atoms with E-state index >= 15 is 0 Å². The van der Waals surface area contributed by atoms with E-state index in [9.17, 15) is 0 Å². The van der Waals surface area contributed by atoms with E-state index in [0.29, 0.717) is 4.99 Å². The summed E-state index contributed by atoms with van der Waals surface area (Å²) in [6.45, 7) is 7.49. The molecule has 2 N–H and O–H groups in total. The lowest BCUT2D eigenvalue weighted by molar-refractivity contribution is 0.118. The first-order chi connectivity index (χ1) is 8.16. The summed E-state index contributed by atoms with van der Waals surface area (Å²) in [6, 6.07) is 4.55. The number of piperazine rings is 1. The van der Waals surface area contributed by atoms with Crippen LogP contribution in [0, 0.1) is 0 Å². The third kappa shape index (κ3) is 3.48. The van der Waals surface area contributed by atoms with Crippen molar-refractivity contribution in [2.24, 2.45) is 5.73 Å². The van der Waals surface area contributed by atoms with Crippen LogP contribution in [0.25, 0.3) is 0 Å². The first kappa shape index (κ1) is 13.0. The minimum atomic E-state index is 0.230. The second-order valence-corrected chi connectivity index (χ2v) is 5.97. The molecule has 17 heavy (non-hydrogen) atoms. The van der Waals surface area contributed by atoms with Crippen LogP contribution in [0.1, 0.15) is 11.8 Å². The van der Waals surface area contributed by atoms with Crippen molar-refractivity contribution in [1.82, 2.24) is 9.80 Å². The van der Waals surface area contributed by atoms with Crippen LogP contribution in [0.2, 0.25) is 0 Å². The van der Waals surface area contributed by atoms with Gasteiger partial charge in [0.1, 0.15) is 0 Å². The van der Waals surface area contributed by atoms with Crippen LogP contribution in [0.4, 0.5) is 0 Å². The maximum atomic E-state index is 5.69. The predicted octanol–water partition coefficient (Wildman–Crippen LogP) is 1.54. The van der Waals surface area contributed by atoms with E-state index in [1.165, 1.54) is 4.88 Å². The number of hydrogen-bond donors (Lipinski definition) is 1. The number of hydrogen-bond acceptors (Lipinski definition) is 4. The number of rotatable bonds is 4. The van der Waals surface area contributed by atoms with Crippen molar-refractivity contribution >= 4 is 28.5 Å². The summed E-state index contributed by atoms with van der Waals surface area (Å²) in [5.41, 5.74) is 5.69. The summed E-state index contributed by atoms with van der Waals surface area (Å²) < 4.78 is 0. The molecule has 0 bridgehead atoms. The maximum absolute atomic E-state index is 5.69. The Bertz CT molecular complexity index is 356. The van der Waals surface area contributed by atoms with E-state index in [0.717, 1.165) is 32.7 Å². The summed E-state index contributed by atoms with van der Waals surface area (Å²) in [6.07, 6.45) is 0. The van der Waals surface area contributed by atoms with E-state index in [2.05, 4.69) is 34.2 Å². The van der Waals surface area contributed by atoms with Gasteiger partial charge in [0.15, 0.2) is 0 Å². The molecule has 0 aromatic carbocycles. The van der Waals surface area contributed by atoms with E-state index in [1.54, 1.807) is 0 Å². The molecular formula is C12H19N3S2. The number of thiophene rings is 1. The van der Waals surface area contributed by atoms with Gasteiger partial charge in [0.25, 0.3) is 0 Å². The Morgan fingerprint density at radius 3 is 2.71 bits per heavy atom. The molecule has 1 aromatic heterocycles. The first-order valence-electron chi connectivity index (χ1n) is 5.95. The lowest BCUT2D eigenvalue weighted by Gasteiger charge is -2.37. The number of thiocarbonyl (C=S) groups is 1. The molecular weight excluding hydrogens is 250 g/mol. The minimum absolute atomic E-state index is 0.230. The Hall–Kier alpha value is -0.490. The lowest BCUT2D eigenvalue weighted by atomic mass is 10.2. The number of nitrogens with zero attached hydrogens (tertiary/aromatic N) is 2. The fourth-order valence-corrected chi connectivity index (χ4v) is 3.01. The summed E-state index contributed by atoms with van der Waals surface area (Å²) >= 11 is 6.88. The SMILES string of the molecule is CC(C(N)=S)N1CCN(Cc2cccs2)CC1. The molecule has 0 spiro atoms. The van der Waals surface area contributed by atoms with Crippen molar-refractivity contribution in [2.75, 3.05) is 26.2 Å². The highest BCUT2D eigenvalue weighted by Crippen LogP contribution is 2.14. The molecule has 1 atom stereocenters. The Morgan fingerprint density at radius 1 is 1.47 bits per heavy atom. The summed E-state index contributed by atoms with van der Waals surface area (Å²) in [7, 11) is 0. The lowest BCUT2D eigenvalue weighted by Crippen LogP contribution is -2.52. The van der Waals surface area contributed by atoms with Crippen LogP contribution >= 0.6 is 23.6 Å². The van der Waals surface area contributed by atoms with E-state index < -0.39 is 0 Å². The Morgan fingerprint density at radius 2 is 2.18 bits per heavy atom. The monoisotopic (exact) mass is 269 g/mol. The van der Waals surface area contributed by atoms with Crippen LogP contribution in [0.15, 0.2) is 17.5 Å². The van der Waals surface area contributed by atoms with Gasteiger partial charge in [0.05, 0.1) is 11.0 Å². The Balaban J connectivity index is 1.80. The molecule has 5 heteroatoms. The predicted molar refractivity (Wildman–Crippen MR) is 77.4 cm³/mol. The topological polar surface area (TPSA) is 32.5 Å². The van der Waals surface area contributed by atoms with Crippen molar-refractivity contribution in [2.45, 2.75) is 19.5 Å². The highest BCUT2D eigenvalue weighted by molar-refractivity contribution is 7.80. The first-order valence-corrected chi connectivity index (χ1v) is 7.23. The molecule has 3 nitrogen and oxygen atoms in total. The second-order valence-electron chi connectivity index (χ2n) is 4.47. The van der Waals surface area contributed by atoms with Gasteiger partial charge >= 0.3 is 0 Å². The zero-order valence-electron chi connectivity index (χ0n) is 10.1. The van der Waals surface area contributed by atoms with Crippen LogP contribution in [0.3, 0.4) is 0 Å². The molecule has 1 unspecified atom stereocenters. The third-order valence-electron chi connectivity index (χ3n) is 3.33. The molecule has 2 heterocycles. The van der Waals surface area contributed by atoms with Gasteiger partial charge in [-0.25, -0.2) is 0 Å². The van der Waals surface area contributed by atoms with Gasteiger partial charge in [-0.05, 0) is 18.4 Å².